The molecule has 0 amide bonds. The summed E-state index contributed by atoms with van der Waals surface area (Å²) in [6.45, 7) is 1.90. The van der Waals surface area contributed by atoms with Crippen LogP contribution in [0.15, 0.2) is 53.3 Å². The van der Waals surface area contributed by atoms with Crippen molar-refractivity contribution >= 4 is 27.3 Å². The number of carbonyl (C=O) groups excluding carboxylic acids is 2. The molecule has 0 spiro atoms. The minimum atomic E-state index is -4.13. The van der Waals surface area contributed by atoms with Gasteiger partial charge in [-0.3, -0.25) is 14.6 Å². The van der Waals surface area contributed by atoms with Crippen molar-refractivity contribution in [3.8, 4) is 0 Å². The number of piperidine rings is 1. The fraction of sp³-hybridized carbons (Fsp3) is 0.250. The lowest BCUT2D eigenvalue weighted by atomic mass is 9.91. The fourth-order valence-electron chi connectivity index (χ4n) is 3.78. The molecule has 1 aliphatic heterocycles. The van der Waals surface area contributed by atoms with Gasteiger partial charge in [-0.1, -0.05) is 12.1 Å². The Morgan fingerprint density at radius 1 is 1.14 bits per heavy atom. The van der Waals surface area contributed by atoms with Gasteiger partial charge in [0, 0.05) is 17.8 Å². The monoisotopic (exact) mass is 412 g/mol. The van der Waals surface area contributed by atoms with Crippen molar-refractivity contribution in [3.05, 3.63) is 65.1 Å². The van der Waals surface area contributed by atoms with Crippen LogP contribution in [0.4, 0.5) is 5.69 Å². The fourth-order valence-corrected chi connectivity index (χ4v) is 4.54. The van der Waals surface area contributed by atoms with Gasteiger partial charge in [0.25, 0.3) is 0 Å². The molecule has 1 aromatic heterocycles. The second kappa shape index (κ2) is 7.51. The number of hydrogen-bond donors (Lipinski definition) is 3. The normalized spacial score (nSPS) is 17.6. The number of nitrogens with one attached hydrogen (secondary N) is 2. The third kappa shape index (κ3) is 3.84. The van der Waals surface area contributed by atoms with Crippen molar-refractivity contribution in [2.45, 2.75) is 23.7 Å². The number of aromatic nitrogens is 1. The van der Waals surface area contributed by atoms with Gasteiger partial charge in [0.1, 0.15) is 0 Å². The highest BCUT2D eigenvalue weighted by atomic mass is 32.2. The van der Waals surface area contributed by atoms with Crippen LogP contribution in [0.2, 0.25) is 0 Å². The van der Waals surface area contributed by atoms with Crippen LogP contribution < -0.4 is 15.8 Å². The maximum Gasteiger partial charge on any atom is 0.238 e. The third-order valence-electron chi connectivity index (χ3n) is 5.19. The summed E-state index contributed by atoms with van der Waals surface area (Å²) < 4.78 is 23.6. The number of allylic oxidation sites excluding steroid dienone is 2. The molecule has 0 unspecified atom stereocenters. The van der Waals surface area contributed by atoms with Crippen molar-refractivity contribution in [1.29, 1.82) is 0 Å². The average Bonchev–Trinajstić information content (AvgIpc) is 2.71. The summed E-state index contributed by atoms with van der Waals surface area (Å²) >= 11 is 0. The summed E-state index contributed by atoms with van der Waals surface area (Å²) in [5.74, 6) is -0.673. The number of sulfonamides is 1. The molecule has 0 radical (unpaired) electrons. The van der Waals surface area contributed by atoms with Crippen LogP contribution >= 0.6 is 0 Å². The van der Waals surface area contributed by atoms with E-state index in [1.807, 2.05) is 12.3 Å². The molecular weight excluding hydrogens is 392 g/mol. The Labute approximate surface area is 168 Å². The van der Waals surface area contributed by atoms with Crippen LogP contribution in [0.1, 0.15) is 45.0 Å². The zero-order valence-corrected chi connectivity index (χ0v) is 16.3. The van der Waals surface area contributed by atoms with Crippen molar-refractivity contribution in [3.63, 3.8) is 0 Å². The number of fused-ring (bicyclic) bond motifs is 1. The molecule has 0 bridgehead atoms. The highest BCUT2D eigenvalue weighted by Gasteiger charge is 2.31. The van der Waals surface area contributed by atoms with Gasteiger partial charge in [-0.15, -0.1) is 0 Å². The SMILES string of the molecule is NS(=O)(=O)c1cccc2c1C(=O)C=C(Nc1cncc(C3CCNCC3)c1)C2=O. The van der Waals surface area contributed by atoms with Gasteiger partial charge in [-0.2, -0.15) is 0 Å². The third-order valence-corrected chi connectivity index (χ3v) is 6.15. The highest BCUT2D eigenvalue weighted by molar-refractivity contribution is 7.89. The molecule has 8 nitrogen and oxygen atoms in total. The lowest BCUT2D eigenvalue weighted by molar-refractivity contribution is 0.0983. The number of primary sulfonamides is 1. The maximum atomic E-state index is 12.9. The molecule has 2 aromatic rings. The first-order chi connectivity index (χ1) is 13.8. The molecule has 1 aromatic carbocycles. The number of hydrogen-bond acceptors (Lipinski definition) is 7. The van der Waals surface area contributed by atoms with E-state index in [0.717, 1.165) is 37.6 Å². The molecular formula is C20H20N4O4S. The van der Waals surface area contributed by atoms with Crippen LogP contribution in [-0.2, 0) is 10.0 Å². The smallest absolute Gasteiger partial charge is 0.238 e. The summed E-state index contributed by atoms with van der Waals surface area (Å²) in [5.41, 5.74) is 1.56. The molecule has 1 fully saturated rings. The number of nitrogens with two attached hydrogens (primary N) is 1. The summed E-state index contributed by atoms with van der Waals surface area (Å²) in [7, 11) is -4.13. The number of pyridine rings is 1. The molecule has 1 saturated heterocycles. The molecule has 1 aliphatic carbocycles. The van der Waals surface area contributed by atoms with Crippen LogP contribution in [0.3, 0.4) is 0 Å². The van der Waals surface area contributed by atoms with Crippen LogP contribution in [0, 0.1) is 0 Å². The van der Waals surface area contributed by atoms with E-state index in [-0.39, 0.29) is 21.7 Å². The highest BCUT2D eigenvalue weighted by Crippen LogP contribution is 2.29. The van der Waals surface area contributed by atoms with Crippen molar-refractivity contribution in [1.82, 2.24) is 10.3 Å². The Morgan fingerprint density at radius 3 is 2.62 bits per heavy atom. The van der Waals surface area contributed by atoms with E-state index >= 15 is 0 Å². The molecule has 4 N–H and O–H groups in total. The Balaban J connectivity index is 1.64. The Bertz CT molecular complexity index is 1130. The van der Waals surface area contributed by atoms with E-state index < -0.39 is 21.6 Å². The number of ketones is 2. The summed E-state index contributed by atoms with van der Waals surface area (Å²) in [4.78, 5) is 29.4. The minimum absolute atomic E-state index is 0.00833. The summed E-state index contributed by atoms with van der Waals surface area (Å²) in [6, 6.07) is 5.96. The van der Waals surface area contributed by atoms with Gasteiger partial charge in [0.05, 0.1) is 28.0 Å². The number of anilines is 1. The van der Waals surface area contributed by atoms with Crippen LogP contribution in [0.25, 0.3) is 0 Å². The van der Waals surface area contributed by atoms with Crippen molar-refractivity contribution in [2.24, 2.45) is 5.14 Å². The molecule has 4 rings (SSSR count). The predicted molar refractivity (Wildman–Crippen MR) is 107 cm³/mol. The Morgan fingerprint density at radius 2 is 1.90 bits per heavy atom. The quantitative estimate of drug-likeness (QED) is 0.694. The topological polar surface area (TPSA) is 131 Å². The number of rotatable bonds is 4. The molecule has 150 valence electrons. The molecule has 9 heteroatoms. The van der Waals surface area contributed by atoms with E-state index in [4.69, 9.17) is 5.14 Å². The van der Waals surface area contributed by atoms with Gasteiger partial charge < -0.3 is 10.6 Å². The average molecular weight is 412 g/mol. The van der Waals surface area contributed by atoms with Gasteiger partial charge >= 0.3 is 0 Å². The van der Waals surface area contributed by atoms with Crippen molar-refractivity contribution < 1.29 is 18.0 Å². The van der Waals surface area contributed by atoms with E-state index in [9.17, 15) is 18.0 Å². The second-order valence-electron chi connectivity index (χ2n) is 7.13. The number of benzene rings is 1. The molecule has 0 atom stereocenters. The van der Waals surface area contributed by atoms with E-state index in [2.05, 4.69) is 15.6 Å². The maximum absolute atomic E-state index is 12.9. The largest absolute Gasteiger partial charge is 0.351 e. The first-order valence-corrected chi connectivity index (χ1v) is 10.8. The van der Waals surface area contributed by atoms with E-state index in [0.29, 0.717) is 11.6 Å². The Kier molecular flexibility index (Phi) is 5.03. The predicted octanol–water partition coefficient (Wildman–Crippen LogP) is 1.57. The minimum Gasteiger partial charge on any atom is -0.351 e. The molecule has 2 heterocycles. The van der Waals surface area contributed by atoms with Gasteiger partial charge in [0.2, 0.25) is 15.8 Å². The lowest BCUT2D eigenvalue weighted by Crippen LogP contribution is -2.27. The van der Waals surface area contributed by atoms with E-state index in [1.165, 1.54) is 18.2 Å². The summed E-state index contributed by atoms with van der Waals surface area (Å²) in [6.07, 6.45) is 6.52. The van der Waals surface area contributed by atoms with Gasteiger partial charge in [0.15, 0.2) is 5.78 Å². The summed E-state index contributed by atoms with van der Waals surface area (Å²) in [5, 5.41) is 11.5. The first kappa shape index (κ1) is 19.4. The first-order valence-electron chi connectivity index (χ1n) is 9.24. The van der Waals surface area contributed by atoms with Crippen molar-refractivity contribution in [2.75, 3.05) is 18.4 Å². The molecule has 0 saturated carbocycles. The number of nitrogens with zero attached hydrogens (tertiary/aromatic N) is 1. The lowest BCUT2D eigenvalue weighted by Gasteiger charge is -2.23. The molecule has 2 aliphatic rings. The second-order valence-corrected chi connectivity index (χ2v) is 8.66. The van der Waals surface area contributed by atoms with Crippen LogP contribution in [0.5, 0.6) is 0 Å². The number of carbonyl (C=O) groups is 2. The van der Waals surface area contributed by atoms with Gasteiger partial charge in [-0.05, 0) is 49.5 Å². The standard InChI is InChI=1S/C20H20N4O4S/c21-29(27,28)18-3-1-2-15-19(18)17(25)9-16(20(15)26)24-14-8-13(10-23-11-14)12-4-6-22-7-5-12/h1-3,8-12,22,24H,4-7H2,(H2,21,27,28). The van der Waals surface area contributed by atoms with Gasteiger partial charge in [-0.25, -0.2) is 13.6 Å². The molecule has 29 heavy (non-hydrogen) atoms. The zero-order chi connectivity index (χ0) is 20.6. The van der Waals surface area contributed by atoms with E-state index in [1.54, 1.807) is 6.20 Å². The number of Topliss-reactive ketones (excluding diaryl/α,β-unsaturated/α-hetero) is 1. The zero-order valence-electron chi connectivity index (χ0n) is 15.5. The Hall–Kier alpha value is -2.88. The van der Waals surface area contributed by atoms with Crippen LogP contribution in [-0.4, -0.2) is 38.1 Å².